The standard InChI is InChI=1S/C20H24N6O/c1-14-16(15(2)24(3)23-14)13-25-8-10-26(11-9-25)20(27)19-12-21-17-6-4-5-7-18(17)22-19/h4-7,12H,8-11,13H2,1-3H3. The summed E-state index contributed by atoms with van der Waals surface area (Å²) >= 11 is 0. The molecule has 1 aliphatic heterocycles. The highest BCUT2D eigenvalue weighted by molar-refractivity contribution is 5.93. The van der Waals surface area contributed by atoms with Crippen molar-refractivity contribution in [2.75, 3.05) is 26.2 Å². The summed E-state index contributed by atoms with van der Waals surface area (Å²) in [5, 5.41) is 4.49. The van der Waals surface area contributed by atoms with E-state index in [-0.39, 0.29) is 5.91 Å². The molecule has 3 aromatic rings. The minimum atomic E-state index is -0.0401. The Morgan fingerprint density at radius 3 is 2.44 bits per heavy atom. The molecule has 3 heterocycles. The molecule has 0 radical (unpaired) electrons. The predicted molar refractivity (Wildman–Crippen MR) is 103 cm³/mol. The lowest BCUT2D eigenvalue weighted by Gasteiger charge is -2.34. The summed E-state index contributed by atoms with van der Waals surface area (Å²) in [4.78, 5) is 25.9. The van der Waals surface area contributed by atoms with Gasteiger partial charge in [-0.2, -0.15) is 5.10 Å². The van der Waals surface area contributed by atoms with E-state index in [1.807, 2.05) is 40.9 Å². The van der Waals surface area contributed by atoms with Crippen molar-refractivity contribution in [1.82, 2.24) is 29.5 Å². The smallest absolute Gasteiger partial charge is 0.274 e. The van der Waals surface area contributed by atoms with Gasteiger partial charge in [0.15, 0.2) is 0 Å². The average molecular weight is 364 g/mol. The van der Waals surface area contributed by atoms with Crippen LogP contribution in [0.15, 0.2) is 30.5 Å². The number of carbonyl (C=O) groups excluding carboxylic acids is 1. The lowest BCUT2D eigenvalue weighted by atomic mass is 10.1. The number of hydrogen-bond acceptors (Lipinski definition) is 5. The van der Waals surface area contributed by atoms with Gasteiger partial charge in [-0.05, 0) is 26.0 Å². The molecule has 7 nitrogen and oxygen atoms in total. The van der Waals surface area contributed by atoms with Crippen LogP contribution in [0.4, 0.5) is 0 Å². The van der Waals surface area contributed by atoms with Crippen LogP contribution in [-0.2, 0) is 13.6 Å². The molecular formula is C20H24N6O. The average Bonchev–Trinajstić information content (AvgIpc) is 2.93. The monoisotopic (exact) mass is 364 g/mol. The fraction of sp³-hybridized carbons (Fsp3) is 0.400. The second-order valence-corrected chi connectivity index (χ2v) is 7.09. The molecule has 0 bridgehead atoms. The molecule has 1 amide bonds. The number of nitrogens with zero attached hydrogens (tertiary/aromatic N) is 6. The Kier molecular flexibility index (Phi) is 4.61. The number of aromatic nitrogens is 4. The maximum Gasteiger partial charge on any atom is 0.274 e. The van der Waals surface area contributed by atoms with Crippen molar-refractivity contribution in [2.45, 2.75) is 20.4 Å². The number of fused-ring (bicyclic) bond motifs is 1. The number of amides is 1. The third-order valence-electron chi connectivity index (χ3n) is 5.37. The Bertz CT molecular complexity index is 987. The quantitative estimate of drug-likeness (QED) is 0.710. The van der Waals surface area contributed by atoms with E-state index in [0.717, 1.165) is 36.4 Å². The van der Waals surface area contributed by atoms with Crippen LogP contribution >= 0.6 is 0 Å². The molecule has 1 aromatic carbocycles. The zero-order valence-electron chi connectivity index (χ0n) is 16.0. The Balaban J connectivity index is 1.41. The molecule has 4 rings (SSSR count). The second-order valence-electron chi connectivity index (χ2n) is 7.09. The van der Waals surface area contributed by atoms with E-state index in [1.165, 1.54) is 11.3 Å². The summed E-state index contributed by atoms with van der Waals surface area (Å²) in [6.07, 6.45) is 1.58. The minimum Gasteiger partial charge on any atom is -0.335 e. The van der Waals surface area contributed by atoms with Gasteiger partial charge >= 0.3 is 0 Å². The molecule has 0 atom stereocenters. The van der Waals surface area contributed by atoms with Crippen molar-refractivity contribution < 1.29 is 4.79 Å². The van der Waals surface area contributed by atoms with E-state index in [9.17, 15) is 4.79 Å². The first-order valence-corrected chi connectivity index (χ1v) is 9.25. The summed E-state index contributed by atoms with van der Waals surface area (Å²) in [6.45, 7) is 8.13. The van der Waals surface area contributed by atoms with E-state index in [0.29, 0.717) is 18.8 Å². The zero-order chi connectivity index (χ0) is 19.0. The van der Waals surface area contributed by atoms with E-state index in [1.54, 1.807) is 6.20 Å². The number of carbonyl (C=O) groups is 1. The maximum atomic E-state index is 12.8. The Morgan fingerprint density at radius 2 is 1.78 bits per heavy atom. The molecule has 1 fully saturated rings. The van der Waals surface area contributed by atoms with Crippen LogP contribution in [-0.4, -0.2) is 61.6 Å². The van der Waals surface area contributed by atoms with Gasteiger partial charge in [-0.15, -0.1) is 0 Å². The molecule has 140 valence electrons. The molecule has 0 N–H and O–H groups in total. The van der Waals surface area contributed by atoms with Gasteiger partial charge in [-0.3, -0.25) is 19.4 Å². The normalized spacial score (nSPS) is 15.4. The predicted octanol–water partition coefficient (Wildman–Crippen LogP) is 1.94. The van der Waals surface area contributed by atoms with Crippen LogP contribution in [0, 0.1) is 13.8 Å². The van der Waals surface area contributed by atoms with Gasteiger partial charge in [0.1, 0.15) is 5.69 Å². The van der Waals surface area contributed by atoms with E-state index < -0.39 is 0 Å². The van der Waals surface area contributed by atoms with E-state index in [2.05, 4.69) is 33.8 Å². The number of hydrogen-bond donors (Lipinski definition) is 0. The van der Waals surface area contributed by atoms with E-state index >= 15 is 0 Å². The van der Waals surface area contributed by atoms with Crippen LogP contribution in [0.5, 0.6) is 0 Å². The van der Waals surface area contributed by atoms with E-state index in [4.69, 9.17) is 0 Å². The largest absolute Gasteiger partial charge is 0.335 e. The second kappa shape index (κ2) is 7.08. The maximum absolute atomic E-state index is 12.8. The Morgan fingerprint density at radius 1 is 1.07 bits per heavy atom. The van der Waals surface area contributed by atoms with Gasteiger partial charge in [0.05, 0.1) is 22.9 Å². The molecule has 27 heavy (non-hydrogen) atoms. The van der Waals surface area contributed by atoms with Crippen molar-refractivity contribution in [1.29, 1.82) is 0 Å². The van der Waals surface area contributed by atoms with Crippen LogP contribution in [0.25, 0.3) is 11.0 Å². The van der Waals surface area contributed by atoms with Crippen molar-refractivity contribution in [3.8, 4) is 0 Å². The van der Waals surface area contributed by atoms with Gasteiger partial charge in [-0.1, -0.05) is 12.1 Å². The first-order valence-electron chi connectivity index (χ1n) is 9.25. The van der Waals surface area contributed by atoms with Crippen LogP contribution in [0.2, 0.25) is 0 Å². The number of piperazine rings is 1. The third kappa shape index (κ3) is 3.42. The van der Waals surface area contributed by atoms with Crippen LogP contribution < -0.4 is 0 Å². The molecule has 1 aliphatic rings. The highest BCUT2D eigenvalue weighted by Crippen LogP contribution is 2.17. The van der Waals surface area contributed by atoms with Crippen molar-refractivity contribution >= 4 is 16.9 Å². The first kappa shape index (κ1) is 17.6. The van der Waals surface area contributed by atoms with Crippen molar-refractivity contribution in [3.63, 3.8) is 0 Å². The van der Waals surface area contributed by atoms with Gasteiger partial charge in [0.25, 0.3) is 5.91 Å². The number of para-hydroxylation sites is 2. The molecular weight excluding hydrogens is 340 g/mol. The van der Waals surface area contributed by atoms with Crippen LogP contribution in [0.3, 0.4) is 0 Å². The highest BCUT2D eigenvalue weighted by atomic mass is 16.2. The third-order valence-corrected chi connectivity index (χ3v) is 5.37. The summed E-state index contributed by atoms with van der Waals surface area (Å²) in [6, 6.07) is 7.61. The minimum absolute atomic E-state index is 0.0401. The highest BCUT2D eigenvalue weighted by Gasteiger charge is 2.24. The summed E-state index contributed by atoms with van der Waals surface area (Å²) in [5.74, 6) is -0.0401. The molecule has 0 spiro atoms. The van der Waals surface area contributed by atoms with Crippen molar-refractivity contribution in [2.24, 2.45) is 7.05 Å². The molecule has 0 saturated carbocycles. The summed E-state index contributed by atoms with van der Waals surface area (Å²) in [5.41, 5.74) is 5.56. The van der Waals surface area contributed by atoms with Crippen LogP contribution in [0.1, 0.15) is 27.4 Å². The lowest BCUT2D eigenvalue weighted by Crippen LogP contribution is -2.48. The van der Waals surface area contributed by atoms with Gasteiger partial charge in [0, 0.05) is 51.0 Å². The lowest BCUT2D eigenvalue weighted by molar-refractivity contribution is 0.0622. The summed E-state index contributed by atoms with van der Waals surface area (Å²) in [7, 11) is 1.98. The van der Waals surface area contributed by atoms with Gasteiger partial charge < -0.3 is 4.90 Å². The Hall–Kier alpha value is -2.80. The number of benzene rings is 1. The molecule has 7 heteroatoms. The van der Waals surface area contributed by atoms with Gasteiger partial charge in [0.2, 0.25) is 0 Å². The fourth-order valence-corrected chi connectivity index (χ4v) is 3.60. The SMILES string of the molecule is Cc1nn(C)c(C)c1CN1CCN(C(=O)c2cnc3ccccc3n2)CC1. The van der Waals surface area contributed by atoms with Crippen molar-refractivity contribution in [3.05, 3.63) is 53.1 Å². The first-order chi connectivity index (χ1) is 13.0. The number of rotatable bonds is 3. The fourth-order valence-electron chi connectivity index (χ4n) is 3.60. The topological polar surface area (TPSA) is 67.2 Å². The molecule has 1 saturated heterocycles. The zero-order valence-corrected chi connectivity index (χ0v) is 16.0. The Labute approximate surface area is 158 Å². The number of aryl methyl sites for hydroxylation is 2. The molecule has 2 aromatic heterocycles. The molecule has 0 unspecified atom stereocenters. The summed E-state index contributed by atoms with van der Waals surface area (Å²) < 4.78 is 1.93. The molecule has 0 aliphatic carbocycles. The van der Waals surface area contributed by atoms with Gasteiger partial charge in [-0.25, -0.2) is 4.98 Å².